The Kier molecular flexibility index (Phi) is 4.20. The number of para-hydroxylation sites is 1. The molecule has 3 nitrogen and oxygen atoms in total. The summed E-state index contributed by atoms with van der Waals surface area (Å²) in [5.41, 5.74) is 5.47. The summed E-state index contributed by atoms with van der Waals surface area (Å²) in [6.07, 6.45) is 0. The van der Waals surface area contributed by atoms with E-state index in [4.69, 9.17) is 0 Å². The summed E-state index contributed by atoms with van der Waals surface area (Å²) in [6, 6.07) is 28.1. The fraction of sp³-hybridized carbons (Fsp3) is 0. The van der Waals surface area contributed by atoms with Crippen LogP contribution in [0, 0.1) is 5.82 Å². The van der Waals surface area contributed by atoms with Crippen LogP contribution in [0.25, 0.3) is 38.6 Å². The van der Waals surface area contributed by atoms with Crippen LogP contribution in [-0.2, 0) is 0 Å². The highest BCUT2D eigenvalue weighted by molar-refractivity contribution is 6.59. The summed E-state index contributed by atoms with van der Waals surface area (Å²) in [6.45, 7) is 0. The van der Waals surface area contributed by atoms with Gasteiger partial charge >= 0.3 is 7.12 Å². The molecule has 29 heavy (non-hydrogen) atoms. The Hall–Kier alpha value is -3.41. The summed E-state index contributed by atoms with van der Waals surface area (Å²) in [7, 11) is -1.50. The molecule has 5 rings (SSSR count). The number of halogens is 1. The lowest BCUT2D eigenvalue weighted by Gasteiger charge is -2.10. The molecule has 0 radical (unpaired) electrons. The minimum Gasteiger partial charge on any atom is -0.423 e. The Balaban J connectivity index is 1.68. The smallest absolute Gasteiger partial charge is 0.423 e. The maximum atomic E-state index is 13.2. The summed E-state index contributed by atoms with van der Waals surface area (Å²) in [5.74, 6) is -0.247. The molecule has 0 unspecified atom stereocenters. The van der Waals surface area contributed by atoms with Crippen LogP contribution in [0.5, 0.6) is 0 Å². The maximum Gasteiger partial charge on any atom is 0.488 e. The van der Waals surface area contributed by atoms with E-state index >= 15 is 0 Å². The van der Waals surface area contributed by atoms with Crippen molar-refractivity contribution in [3.8, 4) is 16.8 Å². The van der Waals surface area contributed by atoms with Crippen molar-refractivity contribution >= 4 is 34.4 Å². The highest BCUT2D eigenvalue weighted by Gasteiger charge is 2.16. The minimum atomic E-state index is -1.50. The van der Waals surface area contributed by atoms with E-state index in [-0.39, 0.29) is 5.82 Å². The topological polar surface area (TPSA) is 45.4 Å². The van der Waals surface area contributed by atoms with Gasteiger partial charge < -0.3 is 14.6 Å². The third kappa shape index (κ3) is 3.01. The number of hydrogen-bond acceptors (Lipinski definition) is 2. The molecule has 0 aliphatic heterocycles. The molecule has 0 aliphatic rings. The van der Waals surface area contributed by atoms with Gasteiger partial charge in [0.05, 0.1) is 11.0 Å². The molecule has 5 heteroatoms. The van der Waals surface area contributed by atoms with Crippen LogP contribution in [0.3, 0.4) is 0 Å². The van der Waals surface area contributed by atoms with Gasteiger partial charge in [0.25, 0.3) is 0 Å². The van der Waals surface area contributed by atoms with E-state index < -0.39 is 7.12 Å². The van der Waals surface area contributed by atoms with Crippen LogP contribution in [0.15, 0.2) is 91.0 Å². The highest BCUT2D eigenvalue weighted by atomic mass is 19.1. The van der Waals surface area contributed by atoms with Gasteiger partial charge in [-0.25, -0.2) is 4.39 Å². The summed E-state index contributed by atoms with van der Waals surface area (Å²) in [5, 5.41) is 21.1. The molecule has 0 aliphatic carbocycles. The molecule has 5 aromatic rings. The zero-order chi connectivity index (χ0) is 20.0. The lowest BCUT2D eigenvalue weighted by Crippen LogP contribution is -2.29. The van der Waals surface area contributed by atoms with Crippen LogP contribution in [0.4, 0.5) is 4.39 Å². The first-order chi connectivity index (χ1) is 14.1. The number of fused-ring (bicyclic) bond motifs is 3. The molecule has 0 saturated heterocycles. The molecule has 0 amide bonds. The molecule has 2 N–H and O–H groups in total. The zero-order valence-corrected chi connectivity index (χ0v) is 15.5. The second kappa shape index (κ2) is 6.89. The van der Waals surface area contributed by atoms with Crippen LogP contribution in [-0.4, -0.2) is 21.7 Å². The van der Waals surface area contributed by atoms with Crippen molar-refractivity contribution in [2.24, 2.45) is 0 Å². The average molecular weight is 381 g/mol. The lowest BCUT2D eigenvalue weighted by atomic mass is 9.80. The van der Waals surface area contributed by atoms with Crippen LogP contribution in [0.2, 0.25) is 0 Å². The molecule has 0 bridgehead atoms. The predicted octanol–water partition coefficient (Wildman–Crippen LogP) is 4.27. The standard InChI is InChI=1S/C24H17BFNO2/c26-19-10-5-16(6-11-19)17-7-12-20(13-8-17)27-23-4-2-1-3-21(23)22-15-18(25(28)29)9-14-24(22)27/h1-15,28-29H. The van der Waals surface area contributed by atoms with Crippen molar-refractivity contribution in [1.29, 1.82) is 0 Å². The molecule has 0 spiro atoms. The van der Waals surface area contributed by atoms with Crippen molar-refractivity contribution in [1.82, 2.24) is 4.57 Å². The van der Waals surface area contributed by atoms with Crippen molar-refractivity contribution in [3.63, 3.8) is 0 Å². The third-order valence-electron chi connectivity index (χ3n) is 5.30. The molecule has 4 aromatic carbocycles. The molecular formula is C24H17BFNO2. The Labute approximate surface area is 167 Å². The van der Waals surface area contributed by atoms with Gasteiger partial charge in [-0.2, -0.15) is 0 Å². The molecule has 0 fully saturated rings. The fourth-order valence-electron chi connectivity index (χ4n) is 3.87. The second-order valence-corrected chi connectivity index (χ2v) is 7.06. The third-order valence-corrected chi connectivity index (χ3v) is 5.30. The Bertz CT molecular complexity index is 1330. The molecule has 1 aromatic heterocycles. The van der Waals surface area contributed by atoms with Gasteiger partial charge in [0.15, 0.2) is 0 Å². The van der Waals surface area contributed by atoms with Crippen LogP contribution >= 0.6 is 0 Å². The normalized spacial score (nSPS) is 11.3. The van der Waals surface area contributed by atoms with Crippen molar-refractivity contribution in [2.75, 3.05) is 0 Å². The Morgan fingerprint density at radius 1 is 0.655 bits per heavy atom. The van der Waals surface area contributed by atoms with Gasteiger partial charge in [-0.15, -0.1) is 0 Å². The molecule has 0 saturated carbocycles. The van der Waals surface area contributed by atoms with E-state index in [1.807, 2.05) is 54.6 Å². The van der Waals surface area contributed by atoms with E-state index in [0.29, 0.717) is 5.46 Å². The monoisotopic (exact) mass is 381 g/mol. The van der Waals surface area contributed by atoms with E-state index in [1.54, 1.807) is 18.2 Å². The van der Waals surface area contributed by atoms with Crippen molar-refractivity contribution < 1.29 is 14.4 Å². The van der Waals surface area contributed by atoms with Crippen LogP contribution < -0.4 is 5.46 Å². The first-order valence-corrected chi connectivity index (χ1v) is 9.37. The number of aromatic nitrogens is 1. The molecule has 140 valence electrons. The fourth-order valence-corrected chi connectivity index (χ4v) is 3.87. The number of rotatable bonds is 3. The Morgan fingerprint density at radius 2 is 1.28 bits per heavy atom. The minimum absolute atomic E-state index is 0.247. The van der Waals surface area contributed by atoms with E-state index in [1.165, 1.54) is 12.1 Å². The molecule has 0 atom stereocenters. The van der Waals surface area contributed by atoms with Crippen molar-refractivity contribution in [3.05, 3.63) is 96.8 Å². The van der Waals surface area contributed by atoms with Gasteiger partial charge in [-0.05, 0) is 53.0 Å². The van der Waals surface area contributed by atoms with Gasteiger partial charge in [0.2, 0.25) is 0 Å². The van der Waals surface area contributed by atoms with Gasteiger partial charge in [0, 0.05) is 16.5 Å². The van der Waals surface area contributed by atoms with E-state index in [2.05, 4.69) is 10.6 Å². The quantitative estimate of drug-likeness (QED) is 0.459. The lowest BCUT2D eigenvalue weighted by molar-refractivity contribution is 0.426. The van der Waals surface area contributed by atoms with Gasteiger partial charge in [0.1, 0.15) is 5.82 Å². The van der Waals surface area contributed by atoms with Crippen LogP contribution in [0.1, 0.15) is 0 Å². The van der Waals surface area contributed by atoms with Crippen molar-refractivity contribution in [2.45, 2.75) is 0 Å². The SMILES string of the molecule is OB(O)c1ccc2c(c1)c1ccccc1n2-c1ccc(-c2ccc(F)cc2)cc1. The number of benzene rings is 4. The van der Waals surface area contributed by atoms with Gasteiger partial charge in [-0.3, -0.25) is 0 Å². The largest absolute Gasteiger partial charge is 0.488 e. The van der Waals surface area contributed by atoms with Gasteiger partial charge in [-0.1, -0.05) is 54.6 Å². The molecule has 1 heterocycles. The first kappa shape index (κ1) is 17.7. The average Bonchev–Trinajstić information content (AvgIpc) is 3.08. The highest BCUT2D eigenvalue weighted by Crippen LogP contribution is 2.32. The Morgan fingerprint density at radius 3 is 1.97 bits per heavy atom. The number of hydrogen-bond donors (Lipinski definition) is 2. The zero-order valence-electron chi connectivity index (χ0n) is 15.5. The maximum absolute atomic E-state index is 13.2. The van der Waals surface area contributed by atoms with E-state index in [0.717, 1.165) is 38.6 Å². The first-order valence-electron chi connectivity index (χ1n) is 9.37. The summed E-state index contributed by atoms with van der Waals surface area (Å²) >= 11 is 0. The van der Waals surface area contributed by atoms with E-state index in [9.17, 15) is 14.4 Å². The summed E-state index contributed by atoms with van der Waals surface area (Å²) in [4.78, 5) is 0. The molecular weight excluding hydrogens is 364 g/mol. The summed E-state index contributed by atoms with van der Waals surface area (Å²) < 4.78 is 15.4. The predicted molar refractivity (Wildman–Crippen MR) is 116 cm³/mol. The number of nitrogens with zero attached hydrogens (tertiary/aromatic N) is 1. The second-order valence-electron chi connectivity index (χ2n) is 7.06.